The van der Waals surface area contributed by atoms with Gasteiger partial charge in [0.05, 0.1) is 11.7 Å². The molecule has 1 aromatic rings. The van der Waals surface area contributed by atoms with Gasteiger partial charge in [0.1, 0.15) is 6.04 Å². The minimum Gasteiger partial charge on any atom is -0.311 e. The Balaban J connectivity index is 1.89. The number of rotatable bonds is 2. The molecule has 2 heterocycles. The summed E-state index contributed by atoms with van der Waals surface area (Å²) in [7, 11) is 0. The van der Waals surface area contributed by atoms with Crippen LogP contribution in [0.25, 0.3) is 10.4 Å². The molecular formula is C12H11N5O2. The zero-order valence-electron chi connectivity index (χ0n) is 10.0. The highest BCUT2D eigenvalue weighted by molar-refractivity contribution is 6.21. The van der Waals surface area contributed by atoms with Crippen molar-refractivity contribution in [3.63, 3.8) is 0 Å². The molecule has 2 saturated heterocycles. The van der Waals surface area contributed by atoms with Crippen molar-refractivity contribution in [1.29, 1.82) is 0 Å². The van der Waals surface area contributed by atoms with E-state index in [1.807, 2.05) is 6.07 Å². The monoisotopic (exact) mass is 257 g/mol. The van der Waals surface area contributed by atoms with E-state index in [9.17, 15) is 9.59 Å². The second kappa shape index (κ2) is 4.29. The van der Waals surface area contributed by atoms with Crippen LogP contribution in [0.15, 0.2) is 35.4 Å². The Kier molecular flexibility index (Phi) is 2.61. The number of nitrogens with zero attached hydrogens (tertiary/aromatic N) is 5. The number of hydrogen-bond acceptors (Lipinski definition) is 3. The normalized spacial score (nSPS) is 25.5. The van der Waals surface area contributed by atoms with E-state index in [4.69, 9.17) is 5.53 Å². The number of hydrogen-bond donors (Lipinski definition) is 0. The van der Waals surface area contributed by atoms with Crippen LogP contribution >= 0.6 is 0 Å². The van der Waals surface area contributed by atoms with Crippen LogP contribution in [0.3, 0.4) is 0 Å². The Morgan fingerprint density at radius 1 is 1.26 bits per heavy atom. The largest absolute Gasteiger partial charge is 0.332 e. The van der Waals surface area contributed by atoms with E-state index in [-0.39, 0.29) is 18.0 Å². The number of carbonyl (C=O) groups is 2. The van der Waals surface area contributed by atoms with Crippen molar-refractivity contribution in [3.05, 3.63) is 40.8 Å². The number of imide groups is 1. The Labute approximate surface area is 109 Å². The molecule has 2 aliphatic heterocycles. The van der Waals surface area contributed by atoms with Gasteiger partial charge in [0.15, 0.2) is 0 Å². The lowest BCUT2D eigenvalue weighted by atomic mass is 10.1. The van der Waals surface area contributed by atoms with Gasteiger partial charge in [-0.05, 0) is 24.1 Å². The van der Waals surface area contributed by atoms with Crippen molar-refractivity contribution in [1.82, 2.24) is 4.90 Å². The number of amides is 3. The van der Waals surface area contributed by atoms with Crippen molar-refractivity contribution < 1.29 is 9.59 Å². The third-order valence-corrected chi connectivity index (χ3v) is 3.45. The van der Waals surface area contributed by atoms with Gasteiger partial charge in [0.2, 0.25) is 0 Å². The SMILES string of the molecule is [N-]=[N+]=N[C@H]1C[C@@H]2C(=O)N(c3ccccc3)C(=O)N2C1. The van der Waals surface area contributed by atoms with Crippen molar-refractivity contribution in [3.8, 4) is 0 Å². The third-order valence-electron chi connectivity index (χ3n) is 3.45. The molecule has 7 heteroatoms. The zero-order valence-corrected chi connectivity index (χ0v) is 10.0. The maximum Gasteiger partial charge on any atom is 0.332 e. The van der Waals surface area contributed by atoms with Crippen molar-refractivity contribution in [2.24, 2.45) is 5.11 Å². The van der Waals surface area contributed by atoms with Gasteiger partial charge in [-0.15, -0.1) is 0 Å². The highest BCUT2D eigenvalue weighted by Crippen LogP contribution is 2.32. The summed E-state index contributed by atoms with van der Waals surface area (Å²) >= 11 is 0. The number of fused-ring (bicyclic) bond motifs is 1. The summed E-state index contributed by atoms with van der Waals surface area (Å²) in [5.74, 6) is -0.244. The van der Waals surface area contributed by atoms with Crippen LogP contribution in [-0.4, -0.2) is 35.5 Å². The molecule has 7 nitrogen and oxygen atoms in total. The fraction of sp³-hybridized carbons (Fsp3) is 0.333. The second-order valence-corrected chi connectivity index (χ2v) is 4.55. The van der Waals surface area contributed by atoms with E-state index in [0.717, 1.165) is 0 Å². The van der Waals surface area contributed by atoms with E-state index < -0.39 is 6.04 Å². The molecule has 0 unspecified atom stereocenters. The third kappa shape index (κ3) is 1.71. The molecule has 2 atom stereocenters. The van der Waals surface area contributed by atoms with Crippen LogP contribution in [-0.2, 0) is 4.79 Å². The quantitative estimate of drug-likeness (QED) is 0.350. The van der Waals surface area contributed by atoms with E-state index in [1.165, 1.54) is 9.80 Å². The lowest BCUT2D eigenvalue weighted by molar-refractivity contribution is -0.119. The Bertz CT molecular complexity index is 557. The number of anilines is 1. The average molecular weight is 257 g/mol. The summed E-state index contributed by atoms with van der Waals surface area (Å²) in [6.45, 7) is 0.308. The second-order valence-electron chi connectivity index (χ2n) is 4.55. The van der Waals surface area contributed by atoms with Gasteiger partial charge in [-0.3, -0.25) is 4.79 Å². The van der Waals surface area contributed by atoms with E-state index >= 15 is 0 Å². The maximum atomic E-state index is 12.3. The summed E-state index contributed by atoms with van der Waals surface area (Å²) in [4.78, 5) is 29.9. The topological polar surface area (TPSA) is 89.4 Å². The summed E-state index contributed by atoms with van der Waals surface area (Å²) < 4.78 is 0. The van der Waals surface area contributed by atoms with Crippen LogP contribution in [0.1, 0.15) is 6.42 Å². The Morgan fingerprint density at radius 3 is 2.63 bits per heavy atom. The van der Waals surface area contributed by atoms with Gasteiger partial charge in [-0.1, -0.05) is 23.3 Å². The minimum absolute atomic E-state index is 0.244. The highest BCUT2D eigenvalue weighted by atomic mass is 16.2. The van der Waals surface area contributed by atoms with Crippen LogP contribution < -0.4 is 4.90 Å². The molecule has 3 amide bonds. The van der Waals surface area contributed by atoms with Crippen molar-refractivity contribution in [2.75, 3.05) is 11.4 Å². The van der Waals surface area contributed by atoms with Crippen LogP contribution in [0.2, 0.25) is 0 Å². The van der Waals surface area contributed by atoms with E-state index in [2.05, 4.69) is 10.0 Å². The smallest absolute Gasteiger partial charge is 0.311 e. The number of urea groups is 1. The number of carbonyl (C=O) groups excluding carboxylic acids is 2. The molecule has 3 rings (SSSR count). The van der Waals surface area contributed by atoms with Gasteiger partial charge in [0, 0.05) is 11.5 Å². The van der Waals surface area contributed by atoms with Crippen LogP contribution in [0.5, 0.6) is 0 Å². The average Bonchev–Trinajstić information content (AvgIpc) is 2.92. The molecule has 19 heavy (non-hydrogen) atoms. The van der Waals surface area contributed by atoms with Crippen LogP contribution in [0.4, 0.5) is 10.5 Å². The first kappa shape index (κ1) is 11.6. The standard InChI is InChI=1S/C12H11N5O2/c13-15-14-8-6-10-11(18)17(12(19)16(10)7-8)9-4-2-1-3-5-9/h1-5,8,10H,6-7H2/t8-,10+/m0/s1. The number of benzene rings is 1. The van der Waals surface area contributed by atoms with Gasteiger partial charge < -0.3 is 4.90 Å². The first-order valence-electron chi connectivity index (χ1n) is 5.96. The van der Waals surface area contributed by atoms with Gasteiger partial charge in [0.25, 0.3) is 5.91 Å². The van der Waals surface area contributed by atoms with Crippen molar-refractivity contribution in [2.45, 2.75) is 18.5 Å². The summed E-state index contributed by atoms with van der Waals surface area (Å²) in [6.07, 6.45) is 0.401. The zero-order chi connectivity index (χ0) is 13.4. The molecule has 1 aromatic carbocycles. The summed E-state index contributed by atoms with van der Waals surface area (Å²) in [6, 6.07) is 7.70. The fourth-order valence-electron chi connectivity index (χ4n) is 2.60. The van der Waals surface area contributed by atoms with E-state index in [1.54, 1.807) is 24.3 Å². The van der Waals surface area contributed by atoms with Gasteiger partial charge >= 0.3 is 6.03 Å². The lowest BCUT2D eigenvalue weighted by Crippen LogP contribution is -2.34. The van der Waals surface area contributed by atoms with E-state index in [0.29, 0.717) is 18.7 Å². The molecule has 96 valence electrons. The Morgan fingerprint density at radius 2 is 2.00 bits per heavy atom. The lowest BCUT2D eigenvalue weighted by Gasteiger charge is -2.16. The first-order valence-corrected chi connectivity index (χ1v) is 5.96. The Hall–Kier alpha value is -2.53. The molecule has 0 N–H and O–H groups in total. The molecule has 0 saturated carbocycles. The molecule has 0 aliphatic carbocycles. The maximum absolute atomic E-state index is 12.3. The molecule has 0 aromatic heterocycles. The molecule has 2 aliphatic rings. The fourth-order valence-corrected chi connectivity index (χ4v) is 2.60. The predicted molar refractivity (Wildman–Crippen MR) is 67.4 cm³/mol. The summed E-state index contributed by atoms with van der Waals surface area (Å²) in [5.41, 5.74) is 8.99. The highest BCUT2D eigenvalue weighted by Gasteiger charge is 2.50. The van der Waals surface area contributed by atoms with Crippen molar-refractivity contribution >= 4 is 17.6 Å². The molecule has 0 radical (unpaired) electrons. The number of para-hydroxylation sites is 1. The molecular weight excluding hydrogens is 246 g/mol. The van der Waals surface area contributed by atoms with Crippen LogP contribution in [0, 0.1) is 0 Å². The molecule has 0 spiro atoms. The molecule has 2 fully saturated rings. The molecule has 0 bridgehead atoms. The minimum atomic E-state index is -0.497. The summed E-state index contributed by atoms with van der Waals surface area (Å²) in [5, 5.41) is 3.59. The number of azide groups is 1. The first-order chi connectivity index (χ1) is 9.22. The predicted octanol–water partition coefficient (Wildman–Crippen LogP) is 1.91. The van der Waals surface area contributed by atoms with Gasteiger partial charge in [-0.25, -0.2) is 9.69 Å². The van der Waals surface area contributed by atoms with Gasteiger partial charge in [-0.2, -0.15) is 0 Å².